The van der Waals surface area contributed by atoms with Crippen molar-refractivity contribution < 1.29 is 22.7 Å². The fraction of sp³-hybridized carbons (Fsp3) is 0.429. The number of ether oxygens (including phenoxy) is 1. The van der Waals surface area contributed by atoms with E-state index < -0.39 is 24.2 Å². The standard InChI is InChI=1S/C21H24F3N3O2/c1-3-21(23,24)11-26-10-13-5-7-15-16(14-6-4-12(2)8-17(14)22)9-18(19(25)28)27-20(15)29-13/h4,6,8-9,13,26H,3,5,7,10-11H2,1-2H3,(H2,25,28)/t13-/m0/s1. The van der Waals surface area contributed by atoms with Crippen molar-refractivity contribution in [2.75, 3.05) is 13.1 Å². The molecule has 3 N–H and O–H groups in total. The summed E-state index contributed by atoms with van der Waals surface area (Å²) in [6.07, 6.45) is 0.432. The van der Waals surface area contributed by atoms with Crippen molar-refractivity contribution in [1.82, 2.24) is 10.3 Å². The highest BCUT2D eigenvalue weighted by molar-refractivity contribution is 5.93. The Morgan fingerprint density at radius 2 is 2.10 bits per heavy atom. The first-order chi connectivity index (χ1) is 13.7. The van der Waals surface area contributed by atoms with Gasteiger partial charge in [0.2, 0.25) is 5.88 Å². The summed E-state index contributed by atoms with van der Waals surface area (Å²) in [5, 5.41) is 2.72. The molecule has 1 aliphatic heterocycles. The summed E-state index contributed by atoms with van der Waals surface area (Å²) >= 11 is 0. The number of primary amides is 1. The summed E-state index contributed by atoms with van der Waals surface area (Å²) in [4.78, 5) is 15.9. The number of pyridine rings is 1. The molecule has 0 bridgehead atoms. The van der Waals surface area contributed by atoms with Gasteiger partial charge in [-0.25, -0.2) is 18.2 Å². The van der Waals surface area contributed by atoms with Crippen molar-refractivity contribution in [2.24, 2.45) is 5.73 Å². The highest BCUT2D eigenvalue weighted by Gasteiger charge is 2.29. The molecule has 0 unspecified atom stereocenters. The molecule has 8 heteroatoms. The molecule has 1 atom stereocenters. The van der Waals surface area contributed by atoms with Gasteiger partial charge in [-0.15, -0.1) is 0 Å². The first kappa shape index (κ1) is 21.1. The van der Waals surface area contributed by atoms with Crippen LogP contribution in [0.2, 0.25) is 0 Å². The normalized spacial score (nSPS) is 16.2. The van der Waals surface area contributed by atoms with Gasteiger partial charge in [-0.3, -0.25) is 4.79 Å². The van der Waals surface area contributed by atoms with Gasteiger partial charge in [-0.1, -0.05) is 19.1 Å². The lowest BCUT2D eigenvalue weighted by Crippen LogP contribution is -2.40. The van der Waals surface area contributed by atoms with Crippen LogP contribution < -0.4 is 15.8 Å². The van der Waals surface area contributed by atoms with Gasteiger partial charge in [0, 0.05) is 24.1 Å². The molecule has 0 spiro atoms. The van der Waals surface area contributed by atoms with Crippen LogP contribution in [0.4, 0.5) is 13.2 Å². The number of hydrogen-bond donors (Lipinski definition) is 2. The van der Waals surface area contributed by atoms with Crippen LogP contribution in [0.5, 0.6) is 5.88 Å². The summed E-state index contributed by atoms with van der Waals surface area (Å²) in [6, 6.07) is 6.31. The molecule has 29 heavy (non-hydrogen) atoms. The first-order valence-electron chi connectivity index (χ1n) is 9.55. The van der Waals surface area contributed by atoms with Gasteiger partial charge >= 0.3 is 0 Å². The number of nitrogens with two attached hydrogens (primary N) is 1. The molecule has 0 aliphatic carbocycles. The minimum Gasteiger partial charge on any atom is -0.473 e. The van der Waals surface area contributed by atoms with Crippen molar-refractivity contribution in [3.8, 4) is 17.0 Å². The summed E-state index contributed by atoms with van der Waals surface area (Å²) < 4.78 is 47.2. The number of rotatable bonds is 7. The average Bonchev–Trinajstić information content (AvgIpc) is 2.67. The Labute approximate surface area is 167 Å². The topological polar surface area (TPSA) is 77.2 Å². The van der Waals surface area contributed by atoms with E-state index in [9.17, 15) is 18.0 Å². The second-order valence-electron chi connectivity index (χ2n) is 7.31. The third-order valence-corrected chi connectivity index (χ3v) is 5.02. The van der Waals surface area contributed by atoms with Crippen LogP contribution in [0.15, 0.2) is 24.3 Å². The summed E-state index contributed by atoms with van der Waals surface area (Å²) in [6.45, 7) is 2.99. The monoisotopic (exact) mass is 407 g/mol. The lowest BCUT2D eigenvalue weighted by atomic mass is 9.93. The highest BCUT2D eigenvalue weighted by atomic mass is 19.3. The van der Waals surface area contributed by atoms with Crippen LogP contribution >= 0.6 is 0 Å². The third-order valence-electron chi connectivity index (χ3n) is 5.02. The second kappa shape index (κ2) is 8.41. The fourth-order valence-electron chi connectivity index (χ4n) is 3.30. The van der Waals surface area contributed by atoms with E-state index >= 15 is 0 Å². The quantitative estimate of drug-likeness (QED) is 0.735. The van der Waals surface area contributed by atoms with E-state index in [2.05, 4.69) is 10.3 Å². The van der Waals surface area contributed by atoms with Crippen LogP contribution in [0, 0.1) is 12.7 Å². The van der Waals surface area contributed by atoms with E-state index in [0.29, 0.717) is 29.5 Å². The molecular formula is C21H24F3N3O2. The molecule has 3 rings (SSSR count). The first-order valence-corrected chi connectivity index (χ1v) is 9.55. The Kier molecular flexibility index (Phi) is 6.12. The molecule has 1 amide bonds. The molecule has 2 aromatic rings. The van der Waals surface area contributed by atoms with Gasteiger partial charge in [0.1, 0.15) is 17.6 Å². The van der Waals surface area contributed by atoms with Gasteiger partial charge in [0.05, 0.1) is 6.54 Å². The largest absolute Gasteiger partial charge is 0.473 e. The zero-order valence-corrected chi connectivity index (χ0v) is 16.4. The maximum Gasteiger partial charge on any atom is 0.267 e. The molecule has 0 saturated heterocycles. The number of nitrogens with zero attached hydrogens (tertiary/aromatic N) is 1. The molecule has 2 heterocycles. The number of hydrogen-bond acceptors (Lipinski definition) is 4. The van der Waals surface area contributed by atoms with Crippen LogP contribution in [-0.4, -0.2) is 36.0 Å². The van der Waals surface area contributed by atoms with Crippen LogP contribution in [0.3, 0.4) is 0 Å². The molecule has 5 nitrogen and oxygen atoms in total. The lowest BCUT2D eigenvalue weighted by Gasteiger charge is -2.28. The van der Waals surface area contributed by atoms with Crippen molar-refractivity contribution in [3.63, 3.8) is 0 Å². The van der Waals surface area contributed by atoms with E-state index in [4.69, 9.17) is 10.5 Å². The van der Waals surface area contributed by atoms with E-state index in [1.54, 1.807) is 19.1 Å². The molecular weight excluding hydrogens is 383 g/mol. The Morgan fingerprint density at radius 3 is 2.76 bits per heavy atom. The fourth-order valence-corrected chi connectivity index (χ4v) is 3.30. The van der Waals surface area contributed by atoms with Crippen molar-refractivity contribution in [3.05, 3.63) is 46.9 Å². The van der Waals surface area contributed by atoms with E-state index in [1.165, 1.54) is 19.1 Å². The summed E-state index contributed by atoms with van der Waals surface area (Å²) in [5.74, 6) is -3.76. The molecule has 1 aromatic carbocycles. The molecule has 156 valence electrons. The van der Waals surface area contributed by atoms with Crippen molar-refractivity contribution in [1.29, 1.82) is 0 Å². The number of benzene rings is 1. The zero-order valence-electron chi connectivity index (χ0n) is 16.4. The van der Waals surface area contributed by atoms with Gasteiger partial charge in [-0.05, 0) is 43.0 Å². The number of amides is 1. The van der Waals surface area contributed by atoms with Gasteiger partial charge in [0.15, 0.2) is 0 Å². The minimum absolute atomic E-state index is 0.0372. The predicted octanol–water partition coefficient (Wildman–Crippen LogP) is 3.62. The Bertz CT molecular complexity index is 918. The number of carbonyl (C=O) groups excluding carboxylic acids is 1. The minimum atomic E-state index is -2.78. The zero-order chi connectivity index (χ0) is 21.2. The Hall–Kier alpha value is -2.61. The molecule has 0 radical (unpaired) electrons. The van der Waals surface area contributed by atoms with Gasteiger partial charge in [-0.2, -0.15) is 0 Å². The van der Waals surface area contributed by atoms with Gasteiger partial charge in [0.25, 0.3) is 11.8 Å². The number of aryl methyl sites for hydroxylation is 1. The average molecular weight is 407 g/mol. The maximum absolute atomic E-state index is 14.6. The Morgan fingerprint density at radius 1 is 1.34 bits per heavy atom. The molecule has 0 saturated carbocycles. The third kappa shape index (κ3) is 4.87. The number of halogens is 3. The van der Waals surface area contributed by atoms with E-state index in [0.717, 1.165) is 5.56 Å². The molecule has 0 fully saturated rings. The Balaban J connectivity index is 1.88. The van der Waals surface area contributed by atoms with E-state index in [1.807, 2.05) is 0 Å². The number of aromatic nitrogens is 1. The van der Waals surface area contributed by atoms with E-state index in [-0.39, 0.29) is 30.6 Å². The summed E-state index contributed by atoms with van der Waals surface area (Å²) in [7, 11) is 0. The number of carbonyl (C=O) groups is 1. The van der Waals surface area contributed by atoms with Crippen LogP contribution in [0.25, 0.3) is 11.1 Å². The van der Waals surface area contributed by atoms with Crippen LogP contribution in [0.1, 0.15) is 41.4 Å². The highest BCUT2D eigenvalue weighted by Crippen LogP contribution is 2.36. The molecule has 1 aromatic heterocycles. The second-order valence-corrected chi connectivity index (χ2v) is 7.31. The van der Waals surface area contributed by atoms with Gasteiger partial charge < -0.3 is 15.8 Å². The lowest BCUT2D eigenvalue weighted by molar-refractivity contribution is -0.00386. The number of alkyl halides is 2. The maximum atomic E-state index is 14.6. The number of fused-ring (bicyclic) bond motifs is 1. The smallest absolute Gasteiger partial charge is 0.267 e. The van der Waals surface area contributed by atoms with Crippen molar-refractivity contribution >= 4 is 5.91 Å². The summed E-state index contributed by atoms with van der Waals surface area (Å²) in [5.41, 5.74) is 7.64. The SMILES string of the molecule is CCC(F)(F)CNC[C@@H]1CCc2c(-c3ccc(C)cc3F)cc(C(N)=O)nc2O1. The predicted molar refractivity (Wildman–Crippen MR) is 104 cm³/mol. The number of nitrogens with one attached hydrogen (secondary N) is 1. The molecule has 1 aliphatic rings. The van der Waals surface area contributed by atoms with Crippen LogP contribution in [-0.2, 0) is 6.42 Å². The van der Waals surface area contributed by atoms with Crippen molar-refractivity contribution in [2.45, 2.75) is 45.1 Å².